The van der Waals surface area contributed by atoms with Crippen molar-refractivity contribution in [2.24, 2.45) is 0 Å². The zero-order chi connectivity index (χ0) is 10.4. The van der Waals surface area contributed by atoms with Gasteiger partial charge in [0.15, 0.2) is 5.75 Å². The molecule has 74 valence electrons. The van der Waals surface area contributed by atoms with Gasteiger partial charge in [0.25, 0.3) is 0 Å². The van der Waals surface area contributed by atoms with Crippen molar-refractivity contribution in [3.63, 3.8) is 0 Å². The fourth-order valence-corrected chi connectivity index (χ4v) is 0.664. The Balaban J connectivity index is 0.000000424. The van der Waals surface area contributed by atoms with E-state index in [4.69, 9.17) is 21.7 Å². The van der Waals surface area contributed by atoms with Crippen LogP contribution in [0.1, 0.15) is 0 Å². The second kappa shape index (κ2) is 5.58. The van der Waals surface area contributed by atoms with Crippen LogP contribution in [0.3, 0.4) is 0 Å². The Labute approximate surface area is 84.8 Å². The number of nitrogens with two attached hydrogens (primary N) is 2. The van der Waals surface area contributed by atoms with Crippen LogP contribution in [0.15, 0.2) is 12.1 Å². The highest BCUT2D eigenvalue weighted by Gasteiger charge is 2.02. The molecule has 0 heterocycles. The first-order valence-corrected chi connectivity index (χ1v) is 3.61. The minimum absolute atomic E-state index is 0.0483. The van der Waals surface area contributed by atoms with Crippen molar-refractivity contribution < 1.29 is 14.1 Å². The van der Waals surface area contributed by atoms with Gasteiger partial charge in [0.1, 0.15) is 5.75 Å². The maximum atomic E-state index is 8.97. The molecule has 1 aromatic carbocycles. The maximum Gasteiger partial charge on any atom is 0.161 e. The summed E-state index contributed by atoms with van der Waals surface area (Å²) in [5.74, 6) is -0.231. The van der Waals surface area contributed by atoms with Gasteiger partial charge in [-0.2, -0.15) is 3.84 Å². The quantitative estimate of drug-likeness (QED) is 0.306. The van der Waals surface area contributed by atoms with E-state index in [0.717, 1.165) is 0 Å². The van der Waals surface area contributed by atoms with Crippen molar-refractivity contribution in [1.29, 1.82) is 0 Å². The average molecular weight is 227 g/mol. The minimum Gasteiger partial charge on any atom is -0.508 e. The van der Waals surface area contributed by atoms with Gasteiger partial charge in [0.2, 0.25) is 0 Å². The van der Waals surface area contributed by atoms with E-state index in [2.05, 4.69) is 27.6 Å². The molecule has 7 heteroatoms. The monoisotopic (exact) mass is 226 g/mol. The number of halogens is 2. The molecule has 0 aliphatic heterocycles. The number of rotatable bonds is 0. The van der Waals surface area contributed by atoms with Gasteiger partial charge in [0.05, 0.1) is 35.1 Å². The zero-order valence-electron chi connectivity index (χ0n) is 6.37. The van der Waals surface area contributed by atoms with Gasteiger partial charge in [-0.25, -0.2) is 0 Å². The molecule has 6 N–H and O–H groups in total. The van der Waals surface area contributed by atoms with Crippen LogP contribution in [0.2, 0.25) is 0 Å². The van der Waals surface area contributed by atoms with E-state index in [1.807, 2.05) is 0 Å². The van der Waals surface area contributed by atoms with Crippen LogP contribution in [-0.4, -0.2) is 10.2 Å². The molecule has 0 aliphatic rings. The normalized spacial score (nSPS) is 8.77. The largest absolute Gasteiger partial charge is 0.508 e. The van der Waals surface area contributed by atoms with E-state index in [9.17, 15) is 0 Å². The molecule has 0 aromatic heterocycles. The summed E-state index contributed by atoms with van der Waals surface area (Å²) in [7, 11) is 0. The molecule has 0 bridgehead atoms. The molecule has 0 unspecified atom stereocenters. The highest BCUT2D eigenvalue weighted by atomic mass is 35.6. The number of nitrogen functional groups attached to an aromatic ring is 2. The predicted octanol–water partition coefficient (Wildman–Crippen LogP) is 1.57. The van der Waals surface area contributed by atoms with E-state index in [1.54, 1.807) is 0 Å². The van der Waals surface area contributed by atoms with Crippen LogP contribution < -0.4 is 11.5 Å². The minimum atomic E-state index is -0.183. The zero-order valence-corrected chi connectivity index (χ0v) is 7.88. The number of hydrogen-bond donors (Lipinski definition) is 4. The Morgan fingerprint density at radius 1 is 1.08 bits per heavy atom. The second-order valence-corrected chi connectivity index (χ2v) is 2.50. The van der Waals surface area contributed by atoms with E-state index in [-0.39, 0.29) is 22.9 Å². The number of hydrogen-bond acceptors (Lipinski definition) is 5. The van der Waals surface area contributed by atoms with Crippen molar-refractivity contribution >= 4 is 35.1 Å². The smallest absolute Gasteiger partial charge is 0.161 e. The topological polar surface area (TPSA) is 102 Å². The lowest BCUT2D eigenvalue weighted by Gasteiger charge is -2.01. The molecule has 0 aliphatic carbocycles. The van der Waals surface area contributed by atoms with Gasteiger partial charge in [0, 0.05) is 12.1 Å². The summed E-state index contributed by atoms with van der Waals surface area (Å²) in [4.78, 5) is 0. The van der Waals surface area contributed by atoms with Gasteiger partial charge < -0.3 is 21.7 Å². The lowest BCUT2D eigenvalue weighted by atomic mass is 10.2. The molecule has 0 amide bonds. The Morgan fingerprint density at radius 2 is 1.38 bits per heavy atom. The van der Waals surface area contributed by atoms with E-state index >= 15 is 0 Å². The number of benzene rings is 1. The first kappa shape index (κ1) is 12.0. The average Bonchev–Trinajstić information content (AvgIpc) is 2.01. The standard InChI is InChI=1S/C6H8N2O2.Cl2O/c7-4-1-3(9)2-5(8)6(4)10;1-3-2/h1-2,9-10H,7-8H2;. The fourth-order valence-electron chi connectivity index (χ4n) is 0.664. The van der Waals surface area contributed by atoms with Gasteiger partial charge in [-0.15, -0.1) is 0 Å². The fraction of sp³-hybridized carbons (Fsp3) is 0. The van der Waals surface area contributed by atoms with Crippen molar-refractivity contribution in [2.45, 2.75) is 0 Å². The number of phenolic OH excluding ortho intramolecular Hbond substituents is 2. The second-order valence-electron chi connectivity index (χ2n) is 2.03. The van der Waals surface area contributed by atoms with Crippen molar-refractivity contribution in [2.75, 3.05) is 11.5 Å². The molecular formula is C6H8Cl2N2O3. The van der Waals surface area contributed by atoms with Crippen LogP contribution in [0.5, 0.6) is 11.5 Å². The molecular weight excluding hydrogens is 219 g/mol. The third-order valence-electron chi connectivity index (χ3n) is 1.15. The van der Waals surface area contributed by atoms with E-state index in [0.29, 0.717) is 0 Å². The Bertz CT molecular complexity index is 260. The first-order valence-electron chi connectivity index (χ1n) is 2.99. The molecule has 0 radical (unpaired) electrons. The predicted molar refractivity (Wildman–Crippen MR) is 51.4 cm³/mol. The van der Waals surface area contributed by atoms with Crippen LogP contribution >= 0.6 is 23.7 Å². The number of anilines is 2. The van der Waals surface area contributed by atoms with Crippen LogP contribution in [0.25, 0.3) is 0 Å². The summed E-state index contributed by atoms with van der Waals surface area (Å²) in [6.07, 6.45) is 0. The molecule has 1 rings (SSSR count). The maximum absolute atomic E-state index is 8.97. The van der Waals surface area contributed by atoms with E-state index in [1.165, 1.54) is 12.1 Å². The van der Waals surface area contributed by atoms with Crippen LogP contribution in [-0.2, 0) is 3.84 Å². The summed E-state index contributed by atoms with van der Waals surface area (Å²) < 4.78 is 3.19. The van der Waals surface area contributed by atoms with Crippen LogP contribution in [0.4, 0.5) is 11.4 Å². The van der Waals surface area contributed by atoms with Gasteiger partial charge in [-0.1, -0.05) is 0 Å². The molecule has 1 aromatic rings. The lowest BCUT2D eigenvalue weighted by Crippen LogP contribution is -1.90. The lowest BCUT2D eigenvalue weighted by molar-refractivity contribution is 0.464. The van der Waals surface area contributed by atoms with E-state index < -0.39 is 0 Å². The third-order valence-corrected chi connectivity index (χ3v) is 1.15. The molecule has 5 nitrogen and oxygen atoms in total. The van der Waals surface area contributed by atoms with Crippen LogP contribution in [0, 0.1) is 0 Å². The molecule has 0 saturated carbocycles. The molecule has 0 spiro atoms. The number of aromatic hydroxyl groups is 2. The highest BCUT2D eigenvalue weighted by Crippen LogP contribution is 2.31. The first-order chi connectivity index (χ1) is 6.02. The van der Waals surface area contributed by atoms with Crippen molar-refractivity contribution in [3.8, 4) is 11.5 Å². The number of phenols is 2. The summed E-state index contributed by atoms with van der Waals surface area (Å²) in [5.41, 5.74) is 10.6. The highest BCUT2D eigenvalue weighted by molar-refractivity contribution is 6.24. The summed E-state index contributed by atoms with van der Waals surface area (Å²) >= 11 is 8.53. The van der Waals surface area contributed by atoms with Gasteiger partial charge in [-0.3, -0.25) is 0 Å². The molecule has 0 saturated heterocycles. The molecule has 0 atom stereocenters. The Hall–Kier alpha value is -1.04. The molecule has 0 fully saturated rings. The van der Waals surface area contributed by atoms with Gasteiger partial charge >= 0.3 is 0 Å². The Kier molecular flexibility index (Phi) is 5.13. The van der Waals surface area contributed by atoms with Gasteiger partial charge in [-0.05, 0) is 0 Å². The van der Waals surface area contributed by atoms with Crippen molar-refractivity contribution in [3.05, 3.63) is 12.1 Å². The summed E-state index contributed by atoms with van der Waals surface area (Å²) in [6, 6.07) is 2.46. The van der Waals surface area contributed by atoms with Crippen molar-refractivity contribution in [1.82, 2.24) is 0 Å². The third kappa shape index (κ3) is 3.93. The molecule has 13 heavy (non-hydrogen) atoms. The summed E-state index contributed by atoms with van der Waals surface area (Å²) in [5, 5.41) is 17.8. The summed E-state index contributed by atoms with van der Waals surface area (Å²) in [6.45, 7) is 0. The SMILES string of the molecule is ClOCl.Nc1cc(O)cc(N)c1O. The Morgan fingerprint density at radius 3 is 1.69 bits per heavy atom.